The quantitative estimate of drug-likeness (QED) is 0.768. The molecule has 1 atom stereocenters. The molecule has 0 radical (unpaired) electrons. The Hall–Kier alpha value is -2.48. The number of fused-ring (bicyclic) bond motifs is 1. The first-order valence-electron chi connectivity index (χ1n) is 8.20. The standard InChI is InChI=1S/C18H19F3N4O/c1-4-17(26,18(19,20)21)16-10-25(24-23-16)9-13-5-6-14-11(2)7-12(3)22-15(14)8-13/h5-8,10,26H,4,9H2,1-3H3. The molecule has 2 aromatic heterocycles. The predicted octanol–water partition coefficient (Wildman–Crippen LogP) is 3.65. The summed E-state index contributed by atoms with van der Waals surface area (Å²) in [7, 11) is 0. The monoisotopic (exact) mass is 364 g/mol. The van der Waals surface area contributed by atoms with Gasteiger partial charge in [-0.25, -0.2) is 4.68 Å². The summed E-state index contributed by atoms with van der Waals surface area (Å²) < 4.78 is 40.7. The zero-order chi connectivity index (χ0) is 19.1. The normalized spacial score (nSPS) is 14.6. The largest absolute Gasteiger partial charge is 0.423 e. The van der Waals surface area contributed by atoms with Crippen LogP contribution in [-0.4, -0.2) is 31.3 Å². The molecule has 0 aliphatic carbocycles. The molecule has 0 spiro atoms. The van der Waals surface area contributed by atoms with Crippen LogP contribution in [0.1, 0.15) is 35.9 Å². The first kappa shape index (κ1) is 18.3. The van der Waals surface area contributed by atoms with Crippen molar-refractivity contribution in [2.45, 2.75) is 45.5 Å². The average molecular weight is 364 g/mol. The number of aryl methyl sites for hydroxylation is 2. The van der Waals surface area contributed by atoms with Gasteiger partial charge in [-0.15, -0.1) is 5.10 Å². The SMILES string of the molecule is CCC(O)(c1cn(Cc2ccc3c(C)cc(C)nc3c2)nn1)C(F)(F)F. The van der Waals surface area contributed by atoms with E-state index in [1.54, 1.807) is 0 Å². The molecular weight excluding hydrogens is 345 g/mol. The van der Waals surface area contributed by atoms with Crippen molar-refractivity contribution in [1.29, 1.82) is 0 Å². The van der Waals surface area contributed by atoms with Crippen molar-refractivity contribution >= 4 is 10.9 Å². The summed E-state index contributed by atoms with van der Waals surface area (Å²) in [4.78, 5) is 4.49. The van der Waals surface area contributed by atoms with Gasteiger partial charge >= 0.3 is 6.18 Å². The topological polar surface area (TPSA) is 63.8 Å². The van der Waals surface area contributed by atoms with Crippen LogP contribution in [0.15, 0.2) is 30.5 Å². The molecule has 1 N–H and O–H groups in total. The second-order valence-electron chi connectivity index (χ2n) is 6.44. The number of halogens is 3. The van der Waals surface area contributed by atoms with Gasteiger partial charge in [0.1, 0.15) is 5.69 Å². The van der Waals surface area contributed by atoms with E-state index >= 15 is 0 Å². The maximum absolute atomic E-state index is 13.1. The van der Waals surface area contributed by atoms with Crippen molar-refractivity contribution in [1.82, 2.24) is 20.0 Å². The summed E-state index contributed by atoms with van der Waals surface area (Å²) in [6, 6.07) is 7.69. The fourth-order valence-electron chi connectivity index (χ4n) is 2.99. The molecule has 3 rings (SSSR count). The summed E-state index contributed by atoms with van der Waals surface area (Å²) in [6.45, 7) is 5.40. The summed E-state index contributed by atoms with van der Waals surface area (Å²) >= 11 is 0. The number of pyridine rings is 1. The average Bonchev–Trinajstić information content (AvgIpc) is 3.01. The van der Waals surface area contributed by atoms with Gasteiger partial charge in [0.25, 0.3) is 0 Å². The third-order valence-corrected chi connectivity index (χ3v) is 4.50. The van der Waals surface area contributed by atoms with Gasteiger partial charge in [0.05, 0.1) is 18.3 Å². The highest BCUT2D eigenvalue weighted by Gasteiger charge is 2.55. The third-order valence-electron chi connectivity index (χ3n) is 4.50. The minimum Gasteiger partial charge on any atom is -0.375 e. The Morgan fingerprint density at radius 3 is 2.54 bits per heavy atom. The van der Waals surface area contributed by atoms with Gasteiger partial charge in [-0.2, -0.15) is 13.2 Å². The highest BCUT2D eigenvalue weighted by Crippen LogP contribution is 2.40. The number of hydrogen-bond acceptors (Lipinski definition) is 4. The van der Waals surface area contributed by atoms with Gasteiger partial charge < -0.3 is 5.11 Å². The van der Waals surface area contributed by atoms with Crippen molar-refractivity contribution in [3.8, 4) is 0 Å². The van der Waals surface area contributed by atoms with Gasteiger partial charge in [-0.05, 0) is 43.5 Å². The van der Waals surface area contributed by atoms with E-state index in [-0.39, 0.29) is 6.54 Å². The summed E-state index contributed by atoms with van der Waals surface area (Å²) in [6.07, 6.45) is -4.21. The lowest BCUT2D eigenvalue weighted by Crippen LogP contribution is -2.42. The summed E-state index contributed by atoms with van der Waals surface area (Å²) in [5.41, 5.74) is 0.163. The van der Waals surface area contributed by atoms with Crippen LogP contribution >= 0.6 is 0 Å². The molecule has 5 nitrogen and oxygen atoms in total. The van der Waals surface area contributed by atoms with Crippen LogP contribution in [0.3, 0.4) is 0 Å². The molecular formula is C18H19F3N4O. The number of benzene rings is 1. The van der Waals surface area contributed by atoms with Gasteiger partial charge in [0, 0.05) is 11.1 Å². The molecule has 0 bridgehead atoms. The fraction of sp³-hybridized carbons (Fsp3) is 0.389. The van der Waals surface area contributed by atoms with Crippen molar-refractivity contribution < 1.29 is 18.3 Å². The fourth-order valence-corrected chi connectivity index (χ4v) is 2.99. The van der Waals surface area contributed by atoms with E-state index in [9.17, 15) is 18.3 Å². The number of hydrogen-bond donors (Lipinski definition) is 1. The molecule has 0 aliphatic rings. The Kier molecular flexibility index (Phi) is 4.47. The second kappa shape index (κ2) is 6.35. The van der Waals surface area contributed by atoms with Crippen molar-refractivity contribution in [2.75, 3.05) is 0 Å². The van der Waals surface area contributed by atoms with Crippen LogP contribution in [0.4, 0.5) is 13.2 Å². The lowest BCUT2D eigenvalue weighted by molar-refractivity contribution is -0.269. The molecule has 26 heavy (non-hydrogen) atoms. The van der Waals surface area contributed by atoms with Crippen LogP contribution < -0.4 is 0 Å². The van der Waals surface area contributed by atoms with Crippen molar-refractivity contribution in [3.63, 3.8) is 0 Å². The number of aliphatic hydroxyl groups is 1. The molecule has 1 aromatic carbocycles. The van der Waals surface area contributed by atoms with Crippen LogP contribution in [0, 0.1) is 13.8 Å². The van der Waals surface area contributed by atoms with E-state index in [2.05, 4.69) is 15.3 Å². The van der Waals surface area contributed by atoms with E-state index in [1.165, 1.54) is 11.6 Å². The first-order chi connectivity index (χ1) is 12.1. The lowest BCUT2D eigenvalue weighted by Gasteiger charge is -2.26. The van der Waals surface area contributed by atoms with E-state index in [4.69, 9.17) is 0 Å². The highest BCUT2D eigenvalue weighted by atomic mass is 19.4. The molecule has 8 heteroatoms. The van der Waals surface area contributed by atoms with Crippen molar-refractivity contribution in [2.24, 2.45) is 0 Å². The second-order valence-corrected chi connectivity index (χ2v) is 6.44. The zero-order valence-electron chi connectivity index (χ0n) is 14.7. The highest BCUT2D eigenvalue weighted by molar-refractivity contribution is 5.82. The molecule has 2 heterocycles. The first-order valence-corrected chi connectivity index (χ1v) is 8.20. The molecule has 0 aliphatic heterocycles. The maximum Gasteiger partial charge on any atom is 0.423 e. The zero-order valence-corrected chi connectivity index (χ0v) is 14.7. The van der Waals surface area contributed by atoms with E-state index < -0.39 is 23.9 Å². The Morgan fingerprint density at radius 2 is 1.88 bits per heavy atom. The van der Waals surface area contributed by atoms with E-state index in [0.29, 0.717) is 0 Å². The Morgan fingerprint density at radius 1 is 1.15 bits per heavy atom. The molecule has 3 aromatic rings. The maximum atomic E-state index is 13.1. The van der Waals surface area contributed by atoms with E-state index in [0.717, 1.165) is 33.9 Å². The summed E-state index contributed by atoms with van der Waals surface area (Å²) in [5, 5.41) is 18.3. The summed E-state index contributed by atoms with van der Waals surface area (Å²) in [5.74, 6) is 0. The molecule has 0 fully saturated rings. The van der Waals surface area contributed by atoms with Crippen molar-refractivity contribution in [3.05, 3.63) is 53.0 Å². The third kappa shape index (κ3) is 3.16. The predicted molar refractivity (Wildman–Crippen MR) is 90.6 cm³/mol. The lowest BCUT2D eigenvalue weighted by atomic mass is 9.96. The Labute approximate surface area is 148 Å². The number of nitrogens with zero attached hydrogens (tertiary/aromatic N) is 4. The van der Waals surface area contributed by atoms with Crippen LogP contribution in [0.5, 0.6) is 0 Å². The van der Waals surface area contributed by atoms with Crippen LogP contribution in [0.2, 0.25) is 0 Å². The molecule has 0 saturated heterocycles. The van der Waals surface area contributed by atoms with Gasteiger partial charge in [-0.1, -0.05) is 24.3 Å². The van der Waals surface area contributed by atoms with Gasteiger partial charge in [-0.3, -0.25) is 4.98 Å². The van der Waals surface area contributed by atoms with Crippen LogP contribution in [0.25, 0.3) is 10.9 Å². The Balaban J connectivity index is 1.91. The molecule has 1 unspecified atom stereocenters. The smallest absolute Gasteiger partial charge is 0.375 e. The number of rotatable bonds is 4. The molecule has 0 saturated carbocycles. The molecule has 138 valence electrons. The Bertz CT molecular complexity index is 951. The van der Waals surface area contributed by atoms with Gasteiger partial charge in [0.15, 0.2) is 0 Å². The van der Waals surface area contributed by atoms with Gasteiger partial charge in [0.2, 0.25) is 5.60 Å². The minimum absolute atomic E-state index is 0.231. The van der Waals surface area contributed by atoms with E-state index in [1.807, 2.05) is 38.1 Å². The minimum atomic E-state index is -4.81. The van der Waals surface area contributed by atoms with Crippen LogP contribution in [-0.2, 0) is 12.1 Å². The number of aromatic nitrogens is 4. The molecule has 0 amide bonds. The number of alkyl halides is 3.